The number of imidazole rings is 1. The minimum Gasteiger partial charge on any atom is -0.337 e. The van der Waals surface area contributed by atoms with Gasteiger partial charge in [-0.15, -0.1) is 0 Å². The van der Waals surface area contributed by atoms with E-state index >= 15 is 0 Å². The van der Waals surface area contributed by atoms with Crippen LogP contribution in [0.2, 0.25) is 0 Å². The summed E-state index contributed by atoms with van der Waals surface area (Å²) in [5.74, 6) is 1.96. The van der Waals surface area contributed by atoms with Gasteiger partial charge in [0.2, 0.25) is 0 Å². The van der Waals surface area contributed by atoms with E-state index in [0.29, 0.717) is 11.5 Å². The Labute approximate surface area is 105 Å². The van der Waals surface area contributed by atoms with Crippen molar-refractivity contribution in [2.75, 3.05) is 0 Å². The van der Waals surface area contributed by atoms with Crippen molar-refractivity contribution < 1.29 is 0 Å². The summed E-state index contributed by atoms with van der Waals surface area (Å²) in [5, 5.41) is 3.67. The maximum atomic E-state index is 4.36. The van der Waals surface area contributed by atoms with Gasteiger partial charge in [0.1, 0.15) is 5.82 Å². The summed E-state index contributed by atoms with van der Waals surface area (Å²) < 4.78 is 2.09. The number of nitrogens with one attached hydrogen (secondary N) is 1. The topological polar surface area (TPSA) is 29.9 Å². The lowest BCUT2D eigenvalue weighted by Crippen LogP contribution is -2.40. The molecule has 0 spiro atoms. The summed E-state index contributed by atoms with van der Waals surface area (Å²) in [7, 11) is 2.05. The van der Waals surface area contributed by atoms with Crippen molar-refractivity contribution in [3.8, 4) is 0 Å². The van der Waals surface area contributed by atoms with Crippen molar-refractivity contribution >= 4 is 0 Å². The molecular formula is C14H25N3. The maximum Gasteiger partial charge on any atom is 0.122 e. The summed E-state index contributed by atoms with van der Waals surface area (Å²) in [6.07, 6.45) is 7.80. The van der Waals surface area contributed by atoms with Crippen LogP contribution in [-0.4, -0.2) is 15.6 Å². The SMILES string of the molecule is CC1CC(NCc2nccn2C)CC(C)(C)C1. The molecule has 3 nitrogen and oxygen atoms in total. The third-order valence-electron chi connectivity index (χ3n) is 3.86. The highest BCUT2D eigenvalue weighted by molar-refractivity contribution is 4.93. The summed E-state index contributed by atoms with van der Waals surface area (Å²) in [5.41, 5.74) is 0.483. The van der Waals surface area contributed by atoms with Crippen LogP contribution in [0.4, 0.5) is 0 Å². The molecule has 2 unspecified atom stereocenters. The zero-order valence-electron chi connectivity index (χ0n) is 11.5. The van der Waals surface area contributed by atoms with Crippen molar-refractivity contribution in [3.05, 3.63) is 18.2 Å². The Morgan fingerprint density at radius 3 is 2.82 bits per heavy atom. The fourth-order valence-electron chi connectivity index (χ4n) is 3.30. The minimum absolute atomic E-state index is 0.483. The Morgan fingerprint density at radius 2 is 2.24 bits per heavy atom. The first-order valence-corrected chi connectivity index (χ1v) is 6.66. The minimum atomic E-state index is 0.483. The first kappa shape index (κ1) is 12.6. The van der Waals surface area contributed by atoms with Crippen LogP contribution in [0.5, 0.6) is 0 Å². The highest BCUT2D eigenvalue weighted by atomic mass is 15.1. The van der Waals surface area contributed by atoms with Gasteiger partial charge in [0, 0.05) is 25.5 Å². The van der Waals surface area contributed by atoms with Crippen LogP contribution in [-0.2, 0) is 13.6 Å². The number of aryl methyl sites for hydroxylation is 1. The van der Waals surface area contributed by atoms with Gasteiger partial charge >= 0.3 is 0 Å². The zero-order chi connectivity index (χ0) is 12.5. The van der Waals surface area contributed by atoms with Gasteiger partial charge in [-0.05, 0) is 30.6 Å². The van der Waals surface area contributed by atoms with Gasteiger partial charge < -0.3 is 9.88 Å². The van der Waals surface area contributed by atoms with Gasteiger partial charge in [-0.3, -0.25) is 0 Å². The lowest BCUT2D eigenvalue weighted by molar-refractivity contribution is 0.150. The number of rotatable bonds is 3. The standard InChI is InChI=1S/C14H25N3/c1-11-7-12(9-14(2,3)8-11)16-10-13-15-5-6-17(13)4/h5-6,11-12,16H,7-10H2,1-4H3. The number of aromatic nitrogens is 2. The monoisotopic (exact) mass is 235 g/mol. The van der Waals surface area contributed by atoms with Crippen molar-refractivity contribution in [1.82, 2.24) is 14.9 Å². The summed E-state index contributed by atoms with van der Waals surface area (Å²) >= 11 is 0. The molecule has 96 valence electrons. The first-order chi connectivity index (χ1) is 7.96. The van der Waals surface area contributed by atoms with Crippen molar-refractivity contribution in [2.24, 2.45) is 18.4 Å². The molecule has 2 atom stereocenters. The van der Waals surface area contributed by atoms with E-state index < -0.39 is 0 Å². The fraction of sp³-hybridized carbons (Fsp3) is 0.786. The van der Waals surface area contributed by atoms with E-state index in [0.717, 1.165) is 18.3 Å². The van der Waals surface area contributed by atoms with E-state index in [1.54, 1.807) is 0 Å². The molecule has 1 aromatic rings. The Kier molecular flexibility index (Phi) is 3.57. The van der Waals surface area contributed by atoms with Gasteiger partial charge in [0.15, 0.2) is 0 Å². The molecule has 0 aliphatic heterocycles. The van der Waals surface area contributed by atoms with Gasteiger partial charge in [-0.2, -0.15) is 0 Å². The molecule has 0 saturated heterocycles. The molecule has 0 radical (unpaired) electrons. The molecular weight excluding hydrogens is 210 g/mol. The van der Waals surface area contributed by atoms with E-state index in [1.807, 2.05) is 12.4 Å². The molecule has 2 rings (SSSR count). The second-order valence-corrected chi connectivity index (χ2v) is 6.45. The third kappa shape index (κ3) is 3.32. The number of nitrogens with zero attached hydrogens (tertiary/aromatic N) is 2. The summed E-state index contributed by atoms with van der Waals surface area (Å²) in [6, 6.07) is 0.644. The van der Waals surface area contributed by atoms with Crippen molar-refractivity contribution in [1.29, 1.82) is 0 Å². The van der Waals surface area contributed by atoms with Crippen molar-refractivity contribution in [3.63, 3.8) is 0 Å². The molecule has 3 heteroatoms. The Balaban J connectivity index is 1.89. The van der Waals surface area contributed by atoms with Crippen molar-refractivity contribution in [2.45, 2.75) is 52.6 Å². The van der Waals surface area contributed by atoms with Crippen LogP contribution in [0.1, 0.15) is 45.9 Å². The molecule has 1 aromatic heterocycles. The van der Waals surface area contributed by atoms with Crippen LogP contribution in [0.15, 0.2) is 12.4 Å². The average Bonchev–Trinajstić information content (AvgIpc) is 2.58. The highest BCUT2D eigenvalue weighted by Crippen LogP contribution is 2.38. The second-order valence-electron chi connectivity index (χ2n) is 6.45. The Hall–Kier alpha value is -0.830. The van der Waals surface area contributed by atoms with Crippen LogP contribution in [0.25, 0.3) is 0 Å². The van der Waals surface area contributed by atoms with E-state index in [-0.39, 0.29) is 0 Å². The maximum absolute atomic E-state index is 4.36. The zero-order valence-corrected chi connectivity index (χ0v) is 11.5. The van der Waals surface area contributed by atoms with E-state index in [2.05, 4.69) is 42.7 Å². The summed E-state index contributed by atoms with van der Waals surface area (Å²) in [6.45, 7) is 8.03. The highest BCUT2D eigenvalue weighted by Gasteiger charge is 2.31. The normalized spacial score (nSPS) is 28.2. The molecule has 0 aromatic carbocycles. The van der Waals surface area contributed by atoms with E-state index in [9.17, 15) is 0 Å². The molecule has 1 aliphatic rings. The third-order valence-corrected chi connectivity index (χ3v) is 3.86. The van der Waals surface area contributed by atoms with Gasteiger partial charge in [-0.25, -0.2) is 4.98 Å². The van der Waals surface area contributed by atoms with Gasteiger partial charge in [0.25, 0.3) is 0 Å². The second kappa shape index (κ2) is 4.81. The molecule has 1 heterocycles. The predicted molar refractivity (Wildman–Crippen MR) is 70.6 cm³/mol. The Morgan fingerprint density at radius 1 is 1.47 bits per heavy atom. The smallest absolute Gasteiger partial charge is 0.122 e. The molecule has 1 saturated carbocycles. The van der Waals surface area contributed by atoms with Gasteiger partial charge in [0.05, 0.1) is 6.54 Å². The Bertz CT molecular complexity index is 367. The molecule has 1 aliphatic carbocycles. The average molecular weight is 235 g/mol. The number of hydrogen-bond donors (Lipinski definition) is 1. The van der Waals surface area contributed by atoms with Crippen LogP contribution in [0.3, 0.4) is 0 Å². The van der Waals surface area contributed by atoms with E-state index in [1.165, 1.54) is 19.3 Å². The lowest BCUT2D eigenvalue weighted by Gasteiger charge is -2.39. The molecule has 1 N–H and O–H groups in total. The molecule has 1 fully saturated rings. The molecule has 17 heavy (non-hydrogen) atoms. The molecule has 0 amide bonds. The van der Waals surface area contributed by atoms with Crippen LogP contribution >= 0.6 is 0 Å². The van der Waals surface area contributed by atoms with E-state index in [4.69, 9.17) is 0 Å². The predicted octanol–water partition coefficient (Wildman–Crippen LogP) is 2.72. The van der Waals surface area contributed by atoms with Crippen LogP contribution < -0.4 is 5.32 Å². The summed E-state index contributed by atoms with van der Waals surface area (Å²) in [4.78, 5) is 4.36. The lowest BCUT2D eigenvalue weighted by atomic mass is 9.70. The number of hydrogen-bond acceptors (Lipinski definition) is 2. The quantitative estimate of drug-likeness (QED) is 0.873. The first-order valence-electron chi connectivity index (χ1n) is 6.66. The van der Waals surface area contributed by atoms with Crippen LogP contribution in [0, 0.1) is 11.3 Å². The molecule has 0 bridgehead atoms. The fourth-order valence-corrected chi connectivity index (χ4v) is 3.30. The largest absolute Gasteiger partial charge is 0.337 e. The van der Waals surface area contributed by atoms with Gasteiger partial charge in [-0.1, -0.05) is 20.8 Å².